The van der Waals surface area contributed by atoms with Crippen LogP contribution in [0, 0.1) is 13.8 Å². The van der Waals surface area contributed by atoms with Gasteiger partial charge in [-0.15, -0.1) is 0 Å². The molecule has 0 aliphatic heterocycles. The third-order valence-corrected chi connectivity index (χ3v) is 3.78. The summed E-state index contributed by atoms with van der Waals surface area (Å²) in [6, 6.07) is 11.4. The first-order valence-corrected chi connectivity index (χ1v) is 7.37. The summed E-state index contributed by atoms with van der Waals surface area (Å²) in [5, 5.41) is 9.09. The Morgan fingerprint density at radius 1 is 0.952 bits per heavy atom. The number of aryl methyl sites for hydroxylation is 2. The maximum Gasteiger partial charge on any atom is 0.335 e. The topological polar surface area (TPSA) is 74.7 Å². The van der Waals surface area contributed by atoms with Gasteiger partial charge >= 0.3 is 5.97 Å². The number of hydrogen-bond acceptors (Lipinski definition) is 3. The van der Waals surface area contributed by atoms with Crippen LogP contribution in [0.5, 0.6) is 0 Å². The van der Waals surface area contributed by atoms with E-state index in [4.69, 9.17) is 5.11 Å². The number of hydrogen-bond donors (Lipinski definition) is 2. The minimum Gasteiger partial charge on any atom is -0.478 e. The Hall–Kier alpha value is -2.34. The van der Waals surface area contributed by atoms with Gasteiger partial charge in [0.25, 0.3) is 0 Å². The Morgan fingerprint density at radius 2 is 1.57 bits per heavy atom. The lowest BCUT2D eigenvalue weighted by Crippen LogP contribution is -2.15. The van der Waals surface area contributed by atoms with Crippen LogP contribution in [0.4, 0.5) is 11.4 Å². The molecule has 0 spiro atoms. The van der Waals surface area contributed by atoms with Crippen LogP contribution in [0.1, 0.15) is 21.5 Å². The molecule has 0 saturated carbocycles. The summed E-state index contributed by atoms with van der Waals surface area (Å²) in [7, 11) is -2.93. The predicted molar refractivity (Wildman–Crippen MR) is 81.8 cm³/mol. The number of aromatic carboxylic acids is 1. The van der Waals surface area contributed by atoms with Gasteiger partial charge in [-0.1, -0.05) is 17.7 Å². The number of carbonyl (C=O) groups is 1. The van der Waals surface area contributed by atoms with E-state index in [1.807, 2.05) is 6.92 Å². The van der Waals surface area contributed by atoms with Crippen LogP contribution >= 0.6 is 0 Å². The van der Waals surface area contributed by atoms with Crippen molar-refractivity contribution >= 4 is 28.2 Å². The van der Waals surface area contributed by atoms with Crippen molar-refractivity contribution in [2.24, 2.45) is 0 Å². The molecule has 0 aliphatic rings. The zero-order chi connectivity index (χ0) is 15.6. The third kappa shape index (κ3) is 3.41. The summed E-state index contributed by atoms with van der Waals surface area (Å²) in [6.45, 7) is 3.63. The van der Waals surface area contributed by atoms with E-state index in [9.17, 15) is 13.2 Å². The van der Waals surface area contributed by atoms with Gasteiger partial charge in [-0.3, -0.25) is 0 Å². The summed E-state index contributed by atoms with van der Waals surface area (Å²) in [4.78, 5) is 11.1. The van der Waals surface area contributed by atoms with Crippen molar-refractivity contribution in [3.8, 4) is 0 Å². The lowest BCUT2D eigenvalue weighted by Gasteiger charge is -2.19. The van der Waals surface area contributed by atoms with Gasteiger partial charge in [0, 0.05) is 0 Å². The van der Waals surface area contributed by atoms with Crippen molar-refractivity contribution in [2.75, 3.05) is 4.31 Å². The summed E-state index contributed by atoms with van der Waals surface area (Å²) in [5.74, 6) is -1.09. The maximum atomic E-state index is 11.6. The molecule has 0 radical (unpaired) electrons. The average molecular weight is 305 g/mol. The second-order valence-electron chi connectivity index (χ2n) is 4.75. The molecule has 0 fully saturated rings. The molecule has 0 aliphatic carbocycles. The minimum absolute atomic E-state index is 0.0546. The van der Waals surface area contributed by atoms with E-state index in [2.05, 4.69) is 0 Å². The number of thiol groups is 1. The summed E-state index contributed by atoms with van der Waals surface area (Å²) in [5.41, 5.74) is 2.53. The highest BCUT2D eigenvalue weighted by Crippen LogP contribution is 2.27. The fraction of sp³-hybridized carbons (Fsp3) is 0.133. The quantitative estimate of drug-likeness (QED) is 0.852. The normalized spacial score (nSPS) is 10.6. The summed E-state index contributed by atoms with van der Waals surface area (Å²) >= 11 is 0. The van der Waals surface area contributed by atoms with Gasteiger partial charge in [-0.25, -0.2) is 17.5 Å². The van der Waals surface area contributed by atoms with Crippen LogP contribution in [0.25, 0.3) is 0 Å². The van der Waals surface area contributed by atoms with Crippen LogP contribution in [0.2, 0.25) is 0 Å². The molecule has 21 heavy (non-hydrogen) atoms. The molecule has 0 atom stereocenters. The highest BCUT2D eigenvalue weighted by atomic mass is 32.2. The molecular formula is C15H15NO4S. The highest BCUT2D eigenvalue weighted by Gasteiger charge is 2.14. The fourth-order valence-electron chi connectivity index (χ4n) is 2.03. The number of nitrogens with zero attached hydrogens (tertiary/aromatic N) is 1. The van der Waals surface area contributed by atoms with E-state index < -0.39 is 16.9 Å². The molecule has 2 rings (SSSR count). The SMILES string of the molecule is Cc1ccc(N(c2cc(C)cc(C(=O)O)c2)[SH](=O)=O)cc1. The van der Waals surface area contributed by atoms with Crippen LogP contribution in [-0.4, -0.2) is 19.5 Å². The Labute approximate surface area is 124 Å². The third-order valence-electron chi connectivity index (χ3n) is 3.00. The van der Waals surface area contributed by atoms with E-state index in [0.29, 0.717) is 16.9 Å². The van der Waals surface area contributed by atoms with Crippen LogP contribution in [0.3, 0.4) is 0 Å². The molecule has 0 aromatic heterocycles. The van der Waals surface area contributed by atoms with Gasteiger partial charge < -0.3 is 5.11 Å². The van der Waals surface area contributed by atoms with Crippen LogP contribution < -0.4 is 4.31 Å². The zero-order valence-electron chi connectivity index (χ0n) is 11.6. The molecule has 1 N–H and O–H groups in total. The summed E-state index contributed by atoms with van der Waals surface area (Å²) in [6.07, 6.45) is 0. The summed E-state index contributed by atoms with van der Waals surface area (Å²) < 4.78 is 24.3. The fourth-order valence-corrected chi connectivity index (χ4v) is 2.66. The lowest BCUT2D eigenvalue weighted by atomic mass is 10.1. The zero-order valence-corrected chi connectivity index (χ0v) is 12.5. The van der Waals surface area contributed by atoms with Gasteiger partial charge in [0.2, 0.25) is 10.9 Å². The van der Waals surface area contributed by atoms with E-state index in [1.165, 1.54) is 12.1 Å². The first-order chi connectivity index (χ1) is 9.88. The van der Waals surface area contributed by atoms with Crippen molar-refractivity contribution in [3.05, 3.63) is 59.2 Å². The molecule has 0 bridgehead atoms. The smallest absolute Gasteiger partial charge is 0.335 e. The van der Waals surface area contributed by atoms with E-state index in [1.54, 1.807) is 37.3 Å². The first kappa shape index (κ1) is 15.1. The molecule has 0 heterocycles. The van der Waals surface area contributed by atoms with E-state index in [0.717, 1.165) is 9.87 Å². The molecule has 0 unspecified atom stereocenters. The Kier molecular flexibility index (Phi) is 4.28. The molecule has 0 amide bonds. The number of rotatable bonds is 4. The second-order valence-corrected chi connectivity index (χ2v) is 5.62. The van der Waals surface area contributed by atoms with Gasteiger partial charge in [0.05, 0.1) is 16.9 Å². The molecule has 6 heteroatoms. The van der Waals surface area contributed by atoms with Crippen molar-refractivity contribution in [1.29, 1.82) is 0 Å². The number of carboxylic acids is 1. The van der Waals surface area contributed by atoms with Crippen molar-refractivity contribution in [1.82, 2.24) is 0 Å². The molecule has 5 nitrogen and oxygen atoms in total. The monoisotopic (exact) mass is 305 g/mol. The number of benzene rings is 2. The second kappa shape index (κ2) is 5.97. The molecule has 2 aromatic rings. The van der Waals surface area contributed by atoms with Gasteiger partial charge in [-0.05, 0) is 49.7 Å². The molecular weight excluding hydrogens is 290 g/mol. The number of anilines is 2. The van der Waals surface area contributed by atoms with Crippen molar-refractivity contribution < 1.29 is 18.3 Å². The largest absolute Gasteiger partial charge is 0.478 e. The maximum absolute atomic E-state index is 11.6. The van der Waals surface area contributed by atoms with Gasteiger partial charge in [-0.2, -0.15) is 0 Å². The van der Waals surface area contributed by atoms with Gasteiger partial charge in [0.15, 0.2) is 0 Å². The lowest BCUT2D eigenvalue weighted by molar-refractivity contribution is 0.0697. The van der Waals surface area contributed by atoms with E-state index >= 15 is 0 Å². The van der Waals surface area contributed by atoms with Crippen molar-refractivity contribution in [3.63, 3.8) is 0 Å². The van der Waals surface area contributed by atoms with Crippen molar-refractivity contribution in [2.45, 2.75) is 13.8 Å². The molecule has 2 aromatic carbocycles. The molecule has 110 valence electrons. The number of carboxylic acid groups (broad SMARTS) is 1. The predicted octanol–water partition coefficient (Wildman–Crippen LogP) is 2.67. The highest BCUT2D eigenvalue weighted by molar-refractivity contribution is 7.74. The Morgan fingerprint density at radius 3 is 2.10 bits per heavy atom. The average Bonchev–Trinajstić information content (AvgIpc) is 2.40. The first-order valence-electron chi connectivity index (χ1n) is 6.24. The Bertz CT molecular complexity index is 743. The van der Waals surface area contributed by atoms with Crippen LogP contribution in [-0.2, 0) is 10.9 Å². The van der Waals surface area contributed by atoms with E-state index in [-0.39, 0.29) is 5.56 Å². The molecule has 0 saturated heterocycles. The Balaban J connectivity index is 2.58. The standard InChI is InChI=1S/C15H15NO4S/c1-10-3-5-13(6-4-10)16(21(19)20)14-8-11(2)7-12(9-14)15(17)18/h3-9,21H,1-2H3,(H,17,18). The minimum atomic E-state index is -2.93. The van der Waals surface area contributed by atoms with Gasteiger partial charge in [0.1, 0.15) is 0 Å². The van der Waals surface area contributed by atoms with Crippen LogP contribution in [0.15, 0.2) is 42.5 Å².